The van der Waals surface area contributed by atoms with Gasteiger partial charge in [0, 0.05) is 35.8 Å². The Labute approximate surface area is 311 Å². The first-order valence-electron chi connectivity index (χ1n) is 17.3. The van der Waals surface area contributed by atoms with Crippen LogP contribution in [0.3, 0.4) is 0 Å². The molecule has 15 nitrogen and oxygen atoms in total. The van der Waals surface area contributed by atoms with Crippen molar-refractivity contribution in [2.24, 2.45) is 0 Å². The average molecular weight is 732 g/mol. The Bertz CT molecular complexity index is 2120. The van der Waals surface area contributed by atoms with Gasteiger partial charge in [0.05, 0.1) is 19.3 Å². The first kappa shape index (κ1) is 37.1. The molecule has 0 fully saturated rings. The predicted molar refractivity (Wildman–Crippen MR) is 210 cm³/mol. The molecule has 0 spiro atoms. The minimum absolute atomic E-state index is 0.129. The first-order chi connectivity index (χ1) is 26.3. The lowest BCUT2D eigenvalue weighted by molar-refractivity contribution is 0.203. The number of nitrogen functional groups attached to an aromatic ring is 1. The van der Waals surface area contributed by atoms with Crippen molar-refractivity contribution in [1.82, 2.24) is 29.9 Å². The van der Waals surface area contributed by atoms with Gasteiger partial charge >= 0.3 is 0 Å². The highest BCUT2D eigenvalue weighted by atomic mass is 19.1. The van der Waals surface area contributed by atoms with Gasteiger partial charge in [-0.25, -0.2) is 4.39 Å². The summed E-state index contributed by atoms with van der Waals surface area (Å²) in [6.45, 7) is 2.51. The van der Waals surface area contributed by atoms with Crippen LogP contribution in [0.5, 0.6) is 0 Å². The van der Waals surface area contributed by atoms with Crippen molar-refractivity contribution in [2.45, 2.75) is 25.8 Å². The van der Waals surface area contributed by atoms with Crippen molar-refractivity contribution in [3.8, 4) is 0 Å². The number of aliphatic hydroxyl groups is 2. The number of aryl methyl sites for hydroxylation is 1. The number of benzene rings is 4. The molecule has 0 bridgehead atoms. The number of nitrogens with two attached hydrogens (primary N) is 1. The Morgan fingerprint density at radius 2 is 1.06 bits per heavy atom. The maximum atomic E-state index is 13.8. The zero-order chi connectivity index (χ0) is 37.7. The van der Waals surface area contributed by atoms with Gasteiger partial charge in [0.1, 0.15) is 5.82 Å². The van der Waals surface area contributed by atoms with Crippen molar-refractivity contribution in [3.63, 3.8) is 0 Å². The van der Waals surface area contributed by atoms with Crippen LogP contribution < -0.4 is 37.6 Å². The van der Waals surface area contributed by atoms with Gasteiger partial charge in [-0.1, -0.05) is 54.1 Å². The summed E-state index contributed by atoms with van der Waals surface area (Å²) in [5.74, 6) is 1.25. The van der Waals surface area contributed by atoms with Gasteiger partial charge in [-0.2, -0.15) is 29.9 Å². The molecule has 0 aliphatic rings. The van der Waals surface area contributed by atoms with Crippen LogP contribution >= 0.6 is 0 Å². The third-order valence-corrected chi connectivity index (χ3v) is 7.99. The molecule has 0 saturated heterocycles. The summed E-state index contributed by atoms with van der Waals surface area (Å²) < 4.78 is 13.8. The molecule has 2 heterocycles. The number of aliphatic hydroxyl groups excluding tert-OH is 2. The van der Waals surface area contributed by atoms with Crippen LogP contribution in [0.1, 0.15) is 16.7 Å². The number of anilines is 10. The highest BCUT2D eigenvalue weighted by molar-refractivity contribution is 5.62. The van der Waals surface area contributed by atoms with E-state index in [2.05, 4.69) is 93.0 Å². The molecule has 2 aromatic heterocycles. The van der Waals surface area contributed by atoms with Gasteiger partial charge in [0.2, 0.25) is 35.7 Å². The molecule has 278 valence electrons. The van der Waals surface area contributed by atoms with Crippen LogP contribution in [0.4, 0.5) is 62.8 Å². The third kappa shape index (κ3) is 11.2. The lowest BCUT2D eigenvalue weighted by Crippen LogP contribution is -2.29. The van der Waals surface area contributed by atoms with E-state index >= 15 is 0 Å². The second-order valence-electron chi connectivity index (χ2n) is 12.4. The maximum Gasteiger partial charge on any atom is 0.233 e. The standard InChI is InChI=1S/C38H42FN13O2/c1-24-8-10-25(11-9-24)16-18-41-33-47-35(51-37(49-33)45-31-7-3-5-28(40)21-31)43-29-14-12-26(13-15-29)17-19-42-34-48-36(44-30-6-2-4-27(39)20-30)52-38(50-34)46-32(22-53)23-54/h2-15,20-21,32,53-54H,16-19,22-23,40H2,1H3,(H3,41,43,45,47,49,51)(H3,42,44,46,48,50,52). The smallest absolute Gasteiger partial charge is 0.233 e. The second kappa shape index (κ2) is 18.2. The van der Waals surface area contributed by atoms with Gasteiger partial charge < -0.3 is 47.8 Å². The number of nitrogens with one attached hydrogen (secondary N) is 6. The van der Waals surface area contributed by atoms with E-state index in [0.29, 0.717) is 48.7 Å². The molecule has 54 heavy (non-hydrogen) atoms. The van der Waals surface area contributed by atoms with Crippen molar-refractivity contribution in [3.05, 3.63) is 120 Å². The number of aromatic nitrogens is 6. The van der Waals surface area contributed by atoms with Crippen LogP contribution in [-0.4, -0.2) is 72.5 Å². The van der Waals surface area contributed by atoms with Gasteiger partial charge in [-0.15, -0.1) is 0 Å². The third-order valence-electron chi connectivity index (χ3n) is 7.99. The summed E-state index contributed by atoms with van der Waals surface area (Å²) in [5.41, 5.74) is 12.0. The summed E-state index contributed by atoms with van der Waals surface area (Å²) in [6.07, 6.45) is 1.43. The number of rotatable bonds is 18. The minimum Gasteiger partial charge on any atom is -0.399 e. The average Bonchev–Trinajstić information content (AvgIpc) is 3.15. The van der Waals surface area contributed by atoms with E-state index in [1.54, 1.807) is 18.2 Å². The maximum absolute atomic E-state index is 13.8. The number of hydrogen-bond acceptors (Lipinski definition) is 15. The normalized spacial score (nSPS) is 10.9. The van der Waals surface area contributed by atoms with Gasteiger partial charge in [-0.3, -0.25) is 0 Å². The van der Waals surface area contributed by atoms with Crippen LogP contribution in [0.15, 0.2) is 97.1 Å². The van der Waals surface area contributed by atoms with E-state index in [1.807, 2.05) is 42.5 Å². The lowest BCUT2D eigenvalue weighted by Gasteiger charge is -2.15. The monoisotopic (exact) mass is 731 g/mol. The van der Waals surface area contributed by atoms with Crippen LogP contribution in [0.25, 0.3) is 0 Å². The van der Waals surface area contributed by atoms with Gasteiger partial charge in [0.15, 0.2) is 0 Å². The highest BCUT2D eigenvalue weighted by Gasteiger charge is 2.13. The molecule has 0 amide bonds. The predicted octanol–water partition coefficient (Wildman–Crippen LogP) is 5.39. The minimum atomic E-state index is -0.676. The largest absolute Gasteiger partial charge is 0.399 e. The van der Waals surface area contributed by atoms with Crippen molar-refractivity contribution in [1.29, 1.82) is 0 Å². The molecule has 6 rings (SSSR count). The Hall–Kier alpha value is -6.65. The first-order valence-corrected chi connectivity index (χ1v) is 17.3. The van der Waals surface area contributed by atoms with E-state index in [1.165, 1.54) is 23.3 Å². The number of hydrogen-bond donors (Lipinski definition) is 9. The molecule has 0 aliphatic heterocycles. The van der Waals surface area contributed by atoms with E-state index in [4.69, 9.17) is 5.73 Å². The van der Waals surface area contributed by atoms with E-state index in [9.17, 15) is 14.6 Å². The van der Waals surface area contributed by atoms with Crippen LogP contribution in [0.2, 0.25) is 0 Å². The molecule has 0 aliphatic carbocycles. The summed E-state index contributed by atoms with van der Waals surface area (Å²) in [4.78, 5) is 26.9. The SMILES string of the molecule is Cc1ccc(CCNc2nc(Nc3ccc(CCNc4nc(Nc5cccc(F)c5)nc(NC(CO)CO)n4)cc3)nc(Nc3cccc(N)c3)n2)cc1. The van der Waals surface area contributed by atoms with Crippen LogP contribution in [-0.2, 0) is 12.8 Å². The fourth-order valence-corrected chi connectivity index (χ4v) is 5.19. The fraction of sp³-hybridized carbons (Fsp3) is 0.211. The molecule has 4 aromatic carbocycles. The Morgan fingerprint density at radius 3 is 1.61 bits per heavy atom. The Morgan fingerprint density at radius 1 is 0.574 bits per heavy atom. The van der Waals surface area contributed by atoms with Crippen molar-refractivity contribution >= 4 is 58.4 Å². The van der Waals surface area contributed by atoms with E-state index in [0.717, 1.165) is 23.4 Å². The summed E-state index contributed by atoms with van der Waals surface area (Å²) in [5, 5.41) is 37.9. The quantitative estimate of drug-likeness (QED) is 0.0507. The fourth-order valence-electron chi connectivity index (χ4n) is 5.19. The zero-order valence-electron chi connectivity index (χ0n) is 29.6. The molecular formula is C38H42FN13O2. The molecule has 6 aromatic rings. The molecule has 10 N–H and O–H groups in total. The molecule has 0 atom stereocenters. The lowest BCUT2D eigenvalue weighted by atomic mass is 10.1. The Balaban J connectivity index is 1.10. The molecule has 0 unspecified atom stereocenters. The zero-order valence-corrected chi connectivity index (χ0v) is 29.6. The van der Waals surface area contributed by atoms with E-state index < -0.39 is 11.9 Å². The van der Waals surface area contributed by atoms with E-state index in [-0.39, 0.29) is 31.1 Å². The summed E-state index contributed by atoms with van der Waals surface area (Å²) >= 11 is 0. The molecular weight excluding hydrogens is 690 g/mol. The highest BCUT2D eigenvalue weighted by Crippen LogP contribution is 2.22. The van der Waals surface area contributed by atoms with Crippen LogP contribution in [0, 0.1) is 12.7 Å². The van der Waals surface area contributed by atoms with Crippen molar-refractivity contribution < 1.29 is 14.6 Å². The summed E-state index contributed by atoms with van der Waals surface area (Å²) in [6, 6.07) is 28.8. The van der Waals surface area contributed by atoms with Gasteiger partial charge in [-0.05, 0) is 79.4 Å². The molecule has 16 heteroatoms. The van der Waals surface area contributed by atoms with Gasteiger partial charge in [0.25, 0.3) is 0 Å². The number of nitrogens with zero attached hydrogens (tertiary/aromatic N) is 6. The summed E-state index contributed by atoms with van der Waals surface area (Å²) in [7, 11) is 0. The second-order valence-corrected chi connectivity index (χ2v) is 12.4. The topological polar surface area (TPSA) is 216 Å². The molecule has 0 radical (unpaired) electrons. The van der Waals surface area contributed by atoms with Crippen molar-refractivity contribution in [2.75, 3.05) is 63.9 Å². The number of halogens is 1. The Kier molecular flexibility index (Phi) is 12.5. The molecule has 0 saturated carbocycles.